The molecule has 2 atom stereocenters. The molecule has 0 aliphatic rings. The molecule has 0 aliphatic carbocycles. The van der Waals surface area contributed by atoms with Crippen LogP contribution in [0.15, 0.2) is 18.2 Å². The van der Waals surface area contributed by atoms with E-state index < -0.39 is 4.92 Å². The number of nitrogens with zero attached hydrogens (tertiary/aromatic N) is 1. The molecule has 0 spiro atoms. The van der Waals surface area contributed by atoms with Crippen molar-refractivity contribution < 1.29 is 14.5 Å². The number of amides is 1. The standard InChI is InChI=1S/C13H17BrN2O4/c1-8(14)7-9(2)15-13(17)10-5-4-6-11(16(18)19)12(10)20-3/h4-6,8-9H,7H2,1-3H3,(H,15,17). The number of methoxy groups -OCH3 is 1. The zero-order valence-corrected chi connectivity index (χ0v) is 13.1. The smallest absolute Gasteiger partial charge is 0.311 e. The SMILES string of the molecule is COc1c(C(=O)NC(C)CC(C)Br)cccc1[N+](=O)[O-]. The Labute approximate surface area is 125 Å². The van der Waals surface area contributed by atoms with Gasteiger partial charge in [0.25, 0.3) is 5.91 Å². The highest BCUT2D eigenvalue weighted by Gasteiger charge is 2.23. The summed E-state index contributed by atoms with van der Waals surface area (Å²) >= 11 is 3.41. The van der Waals surface area contributed by atoms with Gasteiger partial charge in [-0.05, 0) is 19.4 Å². The third kappa shape index (κ3) is 4.19. The van der Waals surface area contributed by atoms with E-state index in [0.29, 0.717) is 0 Å². The van der Waals surface area contributed by atoms with Crippen molar-refractivity contribution in [2.45, 2.75) is 31.1 Å². The molecule has 6 nitrogen and oxygen atoms in total. The molecule has 0 radical (unpaired) electrons. The Morgan fingerprint density at radius 2 is 2.15 bits per heavy atom. The lowest BCUT2D eigenvalue weighted by atomic mass is 10.1. The average molecular weight is 345 g/mol. The summed E-state index contributed by atoms with van der Waals surface area (Å²) in [7, 11) is 1.31. The summed E-state index contributed by atoms with van der Waals surface area (Å²) in [5.74, 6) is -0.403. The van der Waals surface area contributed by atoms with Crippen molar-refractivity contribution in [3.8, 4) is 5.75 Å². The number of rotatable bonds is 6. The summed E-state index contributed by atoms with van der Waals surface area (Å²) in [4.78, 5) is 22.8. The fraction of sp³-hybridized carbons (Fsp3) is 0.462. The highest BCUT2D eigenvalue weighted by Crippen LogP contribution is 2.30. The Bertz CT molecular complexity index is 505. The number of nitro groups is 1. The first-order valence-corrected chi connectivity index (χ1v) is 7.04. The molecule has 0 saturated carbocycles. The monoisotopic (exact) mass is 344 g/mol. The average Bonchev–Trinajstić information content (AvgIpc) is 2.36. The number of para-hydroxylation sites is 1. The number of carbonyl (C=O) groups excluding carboxylic acids is 1. The van der Waals surface area contributed by atoms with Crippen molar-refractivity contribution in [2.24, 2.45) is 0 Å². The Hall–Kier alpha value is -1.63. The van der Waals surface area contributed by atoms with Crippen molar-refractivity contribution in [1.29, 1.82) is 0 Å². The van der Waals surface area contributed by atoms with Crippen molar-refractivity contribution >= 4 is 27.5 Å². The number of hydrogen-bond acceptors (Lipinski definition) is 4. The summed E-state index contributed by atoms with van der Waals surface area (Å²) < 4.78 is 5.01. The van der Waals surface area contributed by atoms with Crippen LogP contribution in [0.4, 0.5) is 5.69 Å². The van der Waals surface area contributed by atoms with Gasteiger partial charge >= 0.3 is 5.69 Å². The van der Waals surface area contributed by atoms with Crippen LogP contribution in [0, 0.1) is 10.1 Å². The van der Waals surface area contributed by atoms with E-state index in [0.717, 1.165) is 6.42 Å². The molecule has 20 heavy (non-hydrogen) atoms. The second kappa shape index (κ2) is 7.23. The van der Waals surface area contributed by atoms with E-state index in [4.69, 9.17) is 4.74 Å². The lowest BCUT2D eigenvalue weighted by Crippen LogP contribution is -2.34. The van der Waals surface area contributed by atoms with Gasteiger partial charge in [0.2, 0.25) is 5.75 Å². The molecule has 1 rings (SSSR count). The van der Waals surface area contributed by atoms with Gasteiger partial charge in [0.1, 0.15) is 0 Å². The summed E-state index contributed by atoms with van der Waals surface area (Å²) in [5, 5.41) is 13.7. The molecular formula is C13H17BrN2O4. The second-order valence-corrected chi connectivity index (χ2v) is 6.07. The van der Waals surface area contributed by atoms with Gasteiger partial charge in [-0.1, -0.05) is 28.9 Å². The summed E-state index contributed by atoms with van der Waals surface area (Å²) in [5.41, 5.74) is -0.0579. The van der Waals surface area contributed by atoms with Crippen LogP contribution in [-0.2, 0) is 0 Å². The highest BCUT2D eigenvalue weighted by atomic mass is 79.9. The summed E-state index contributed by atoms with van der Waals surface area (Å²) in [6.07, 6.45) is 0.753. The van der Waals surface area contributed by atoms with Crippen LogP contribution in [0.2, 0.25) is 0 Å². The second-order valence-electron chi connectivity index (χ2n) is 4.51. The number of ether oxygens (including phenoxy) is 1. The Balaban J connectivity index is 2.98. The maximum Gasteiger partial charge on any atom is 0.311 e. The third-order valence-electron chi connectivity index (χ3n) is 2.70. The maximum atomic E-state index is 12.2. The summed E-state index contributed by atoms with van der Waals surface area (Å²) in [6, 6.07) is 4.22. The van der Waals surface area contributed by atoms with Crippen LogP contribution in [0.1, 0.15) is 30.6 Å². The van der Waals surface area contributed by atoms with Gasteiger partial charge in [-0.3, -0.25) is 14.9 Å². The summed E-state index contributed by atoms with van der Waals surface area (Å²) in [6.45, 7) is 3.86. The maximum absolute atomic E-state index is 12.2. The van der Waals surface area contributed by atoms with E-state index in [1.165, 1.54) is 25.3 Å². The van der Waals surface area contributed by atoms with E-state index in [1.54, 1.807) is 0 Å². The molecule has 110 valence electrons. The van der Waals surface area contributed by atoms with Crippen molar-refractivity contribution in [3.05, 3.63) is 33.9 Å². The molecule has 0 aliphatic heterocycles. The molecule has 1 aromatic rings. The van der Waals surface area contributed by atoms with Gasteiger partial charge in [-0.25, -0.2) is 0 Å². The third-order valence-corrected chi connectivity index (χ3v) is 3.07. The molecule has 7 heteroatoms. The van der Waals surface area contributed by atoms with Gasteiger partial charge in [0.05, 0.1) is 17.6 Å². The van der Waals surface area contributed by atoms with Crippen molar-refractivity contribution in [3.63, 3.8) is 0 Å². The van der Waals surface area contributed by atoms with E-state index in [1.807, 2.05) is 13.8 Å². The Kier molecular flexibility index (Phi) is 5.94. The first-order chi connectivity index (χ1) is 9.36. The van der Waals surface area contributed by atoms with Crippen molar-refractivity contribution in [1.82, 2.24) is 5.32 Å². The highest BCUT2D eigenvalue weighted by molar-refractivity contribution is 9.09. The quantitative estimate of drug-likeness (QED) is 0.488. The number of hydrogen-bond donors (Lipinski definition) is 1. The zero-order valence-electron chi connectivity index (χ0n) is 11.6. The van der Waals surface area contributed by atoms with Crippen LogP contribution in [0.25, 0.3) is 0 Å². The molecule has 0 heterocycles. The van der Waals surface area contributed by atoms with Gasteiger partial charge in [0.15, 0.2) is 0 Å². The number of halogens is 1. The number of nitrogens with one attached hydrogen (secondary N) is 1. The minimum Gasteiger partial charge on any atom is -0.490 e. The lowest BCUT2D eigenvalue weighted by Gasteiger charge is -2.16. The van der Waals surface area contributed by atoms with Gasteiger partial charge in [-0.2, -0.15) is 0 Å². The minimum atomic E-state index is -0.570. The van der Waals surface area contributed by atoms with E-state index in [9.17, 15) is 14.9 Å². The van der Waals surface area contributed by atoms with E-state index >= 15 is 0 Å². The fourth-order valence-electron chi connectivity index (χ4n) is 1.91. The van der Waals surface area contributed by atoms with Gasteiger partial charge in [-0.15, -0.1) is 0 Å². The zero-order chi connectivity index (χ0) is 15.3. The molecule has 1 amide bonds. The predicted octanol–water partition coefficient (Wildman–Crippen LogP) is 2.90. The molecule has 2 unspecified atom stereocenters. The van der Waals surface area contributed by atoms with Crippen LogP contribution in [0.3, 0.4) is 0 Å². The molecule has 0 fully saturated rings. The number of nitro benzene ring substituents is 1. The Morgan fingerprint density at radius 3 is 2.65 bits per heavy atom. The first kappa shape index (κ1) is 16.4. The molecule has 0 bridgehead atoms. The fourth-order valence-corrected chi connectivity index (χ4v) is 2.47. The van der Waals surface area contributed by atoms with Crippen LogP contribution >= 0.6 is 15.9 Å². The Morgan fingerprint density at radius 1 is 1.50 bits per heavy atom. The molecule has 1 N–H and O–H groups in total. The van der Waals surface area contributed by atoms with E-state index in [-0.39, 0.29) is 33.8 Å². The normalized spacial score (nSPS) is 13.4. The first-order valence-electron chi connectivity index (χ1n) is 6.13. The van der Waals surface area contributed by atoms with Crippen LogP contribution in [0.5, 0.6) is 5.75 Å². The van der Waals surface area contributed by atoms with Gasteiger partial charge < -0.3 is 10.1 Å². The molecule has 0 saturated heterocycles. The number of benzene rings is 1. The lowest BCUT2D eigenvalue weighted by molar-refractivity contribution is -0.385. The number of carbonyl (C=O) groups is 1. The minimum absolute atomic E-state index is 0.0194. The van der Waals surface area contributed by atoms with Crippen LogP contribution in [-0.4, -0.2) is 28.8 Å². The molecule has 0 aromatic heterocycles. The largest absolute Gasteiger partial charge is 0.490 e. The predicted molar refractivity (Wildman–Crippen MR) is 79.6 cm³/mol. The van der Waals surface area contributed by atoms with Crippen LogP contribution < -0.4 is 10.1 Å². The van der Waals surface area contributed by atoms with Gasteiger partial charge in [0, 0.05) is 16.9 Å². The number of alkyl halides is 1. The molecule has 1 aromatic carbocycles. The topological polar surface area (TPSA) is 81.5 Å². The molecular weight excluding hydrogens is 328 g/mol. The van der Waals surface area contributed by atoms with Crippen molar-refractivity contribution in [2.75, 3.05) is 7.11 Å². The van der Waals surface area contributed by atoms with E-state index in [2.05, 4.69) is 21.2 Å².